The van der Waals surface area contributed by atoms with E-state index in [9.17, 15) is 9.18 Å². The first-order chi connectivity index (χ1) is 17.2. The van der Waals surface area contributed by atoms with Crippen LogP contribution in [0, 0.1) is 5.82 Å². The molecule has 0 aliphatic carbocycles. The standard InChI is InChI=1S/C28H28FN3O3/c1-34-25-14-6-7-15-26(25)35-17-9-8-16-31-24-13-5-3-11-22(24)30-28(31)20-18-27(33)32(19-20)23-12-4-2-10-21(23)29/h2-7,10-15,20H,8-9,16-19H2,1H3/t20-/m1/s1. The van der Waals surface area contributed by atoms with Crippen LogP contribution in [0.15, 0.2) is 72.8 Å². The molecule has 6 nitrogen and oxygen atoms in total. The first-order valence-electron chi connectivity index (χ1n) is 11.9. The Morgan fingerprint density at radius 3 is 2.54 bits per heavy atom. The summed E-state index contributed by atoms with van der Waals surface area (Å²) in [6.45, 7) is 1.75. The topological polar surface area (TPSA) is 56.6 Å². The van der Waals surface area contributed by atoms with Crippen LogP contribution in [0.1, 0.15) is 31.0 Å². The fourth-order valence-corrected chi connectivity index (χ4v) is 4.72. The van der Waals surface area contributed by atoms with Crippen LogP contribution >= 0.6 is 0 Å². The Bertz CT molecular complexity index is 1340. The number of halogens is 1. The number of ether oxygens (including phenoxy) is 2. The van der Waals surface area contributed by atoms with Gasteiger partial charge in [0.1, 0.15) is 11.6 Å². The Hall–Kier alpha value is -3.87. The van der Waals surface area contributed by atoms with Crippen molar-refractivity contribution in [2.75, 3.05) is 25.2 Å². The first-order valence-corrected chi connectivity index (χ1v) is 11.9. The fraction of sp³-hybridized carbons (Fsp3) is 0.286. The lowest BCUT2D eigenvalue weighted by molar-refractivity contribution is -0.117. The maximum atomic E-state index is 14.4. The number of hydrogen-bond donors (Lipinski definition) is 0. The van der Waals surface area contributed by atoms with Crippen LogP contribution in [0.25, 0.3) is 11.0 Å². The molecular formula is C28H28FN3O3. The third-order valence-electron chi connectivity index (χ3n) is 6.42. The molecule has 0 radical (unpaired) electrons. The van der Waals surface area contributed by atoms with Crippen LogP contribution in [0.4, 0.5) is 10.1 Å². The number of unbranched alkanes of at least 4 members (excludes halogenated alkanes) is 1. The van der Waals surface area contributed by atoms with E-state index in [0.29, 0.717) is 25.3 Å². The zero-order valence-electron chi connectivity index (χ0n) is 19.7. The van der Waals surface area contributed by atoms with Crippen molar-refractivity contribution in [2.45, 2.75) is 31.7 Å². The molecule has 180 valence electrons. The molecule has 5 rings (SSSR count). The van der Waals surface area contributed by atoms with E-state index in [2.05, 4.69) is 10.6 Å². The van der Waals surface area contributed by atoms with Crippen molar-refractivity contribution in [3.8, 4) is 11.5 Å². The molecule has 1 aromatic heterocycles. The molecule has 0 unspecified atom stereocenters. The maximum absolute atomic E-state index is 14.4. The Labute approximate surface area is 203 Å². The molecular weight excluding hydrogens is 445 g/mol. The SMILES string of the molecule is COc1ccccc1OCCCCn1c([C@@H]2CC(=O)N(c3ccccc3F)C2)nc2ccccc21. The fourth-order valence-electron chi connectivity index (χ4n) is 4.72. The summed E-state index contributed by atoms with van der Waals surface area (Å²) in [6.07, 6.45) is 2.06. The quantitative estimate of drug-likeness (QED) is 0.299. The smallest absolute Gasteiger partial charge is 0.227 e. The molecule has 7 heteroatoms. The summed E-state index contributed by atoms with van der Waals surface area (Å²) < 4.78 is 27.8. The average Bonchev–Trinajstić information content (AvgIpc) is 3.45. The van der Waals surface area contributed by atoms with Gasteiger partial charge in [-0.3, -0.25) is 4.79 Å². The third-order valence-corrected chi connectivity index (χ3v) is 6.42. The largest absolute Gasteiger partial charge is 0.493 e. The van der Waals surface area contributed by atoms with E-state index >= 15 is 0 Å². The Kier molecular flexibility index (Phi) is 6.66. The first kappa shape index (κ1) is 22.9. The molecule has 1 atom stereocenters. The molecule has 1 amide bonds. The predicted molar refractivity (Wildman–Crippen MR) is 134 cm³/mol. The van der Waals surface area contributed by atoms with Gasteiger partial charge in [0.25, 0.3) is 0 Å². The maximum Gasteiger partial charge on any atom is 0.227 e. The minimum absolute atomic E-state index is 0.0797. The monoisotopic (exact) mass is 473 g/mol. The van der Waals surface area contributed by atoms with E-state index in [-0.39, 0.29) is 17.6 Å². The molecule has 1 aliphatic heterocycles. The summed E-state index contributed by atoms with van der Waals surface area (Å²) in [5.41, 5.74) is 2.28. The lowest BCUT2D eigenvalue weighted by atomic mass is 10.1. The molecule has 1 aliphatic rings. The zero-order chi connectivity index (χ0) is 24.2. The summed E-state index contributed by atoms with van der Waals surface area (Å²) in [5.74, 6) is 1.78. The highest BCUT2D eigenvalue weighted by Gasteiger charge is 2.35. The molecule has 2 heterocycles. The molecule has 0 bridgehead atoms. The lowest BCUT2D eigenvalue weighted by Crippen LogP contribution is -2.25. The normalized spacial score (nSPS) is 15.7. The second-order valence-corrected chi connectivity index (χ2v) is 8.67. The second-order valence-electron chi connectivity index (χ2n) is 8.67. The van der Waals surface area contributed by atoms with E-state index in [1.165, 1.54) is 6.07 Å². The number of nitrogens with zero attached hydrogens (tertiary/aromatic N) is 3. The Balaban J connectivity index is 1.30. The second kappa shape index (κ2) is 10.2. The summed E-state index contributed by atoms with van der Waals surface area (Å²) in [4.78, 5) is 19.3. The van der Waals surface area contributed by atoms with Gasteiger partial charge in [-0.15, -0.1) is 0 Å². The summed E-state index contributed by atoms with van der Waals surface area (Å²) in [7, 11) is 1.63. The lowest BCUT2D eigenvalue weighted by Gasteiger charge is -2.18. The van der Waals surface area contributed by atoms with Crippen molar-refractivity contribution in [3.63, 3.8) is 0 Å². The van der Waals surface area contributed by atoms with E-state index in [4.69, 9.17) is 14.5 Å². The summed E-state index contributed by atoms with van der Waals surface area (Å²) in [6, 6.07) is 22.1. The zero-order valence-corrected chi connectivity index (χ0v) is 19.7. The van der Waals surface area contributed by atoms with Gasteiger partial charge >= 0.3 is 0 Å². The third kappa shape index (κ3) is 4.71. The highest BCUT2D eigenvalue weighted by molar-refractivity contribution is 5.96. The number of benzene rings is 3. The van der Waals surface area contributed by atoms with Gasteiger partial charge in [-0.25, -0.2) is 9.37 Å². The Morgan fingerprint density at radius 1 is 0.971 bits per heavy atom. The van der Waals surface area contributed by atoms with Gasteiger partial charge < -0.3 is 18.9 Å². The number of hydrogen-bond acceptors (Lipinski definition) is 4. The number of aromatic nitrogens is 2. The van der Waals surface area contributed by atoms with Gasteiger partial charge in [-0.05, 0) is 49.2 Å². The van der Waals surface area contributed by atoms with Gasteiger partial charge in [0.2, 0.25) is 5.91 Å². The molecule has 0 spiro atoms. The van der Waals surface area contributed by atoms with E-state index < -0.39 is 0 Å². The van der Waals surface area contributed by atoms with Crippen molar-refractivity contribution in [2.24, 2.45) is 0 Å². The van der Waals surface area contributed by atoms with Gasteiger partial charge in [0.15, 0.2) is 11.5 Å². The molecule has 0 saturated carbocycles. The van der Waals surface area contributed by atoms with Crippen molar-refractivity contribution in [1.82, 2.24) is 9.55 Å². The van der Waals surface area contributed by atoms with Crippen LogP contribution in [0.2, 0.25) is 0 Å². The highest BCUT2D eigenvalue weighted by Crippen LogP contribution is 2.34. The van der Waals surface area contributed by atoms with Gasteiger partial charge in [-0.1, -0.05) is 36.4 Å². The van der Waals surface area contributed by atoms with Crippen LogP contribution in [0.3, 0.4) is 0 Å². The number of para-hydroxylation sites is 5. The van der Waals surface area contributed by atoms with Gasteiger partial charge in [-0.2, -0.15) is 0 Å². The van der Waals surface area contributed by atoms with Crippen LogP contribution in [-0.4, -0.2) is 35.7 Å². The summed E-state index contributed by atoms with van der Waals surface area (Å²) in [5, 5.41) is 0. The van der Waals surface area contributed by atoms with Gasteiger partial charge in [0, 0.05) is 25.4 Å². The van der Waals surface area contributed by atoms with Crippen molar-refractivity contribution >= 4 is 22.6 Å². The number of carbonyl (C=O) groups excluding carboxylic acids is 1. The number of rotatable bonds is 9. The molecule has 1 fully saturated rings. The molecule has 0 N–H and O–H groups in total. The van der Waals surface area contributed by atoms with Gasteiger partial charge in [0.05, 0.1) is 30.4 Å². The van der Waals surface area contributed by atoms with Crippen molar-refractivity contribution < 1.29 is 18.7 Å². The molecule has 3 aromatic carbocycles. The number of fused-ring (bicyclic) bond motifs is 1. The number of carbonyl (C=O) groups is 1. The average molecular weight is 474 g/mol. The van der Waals surface area contributed by atoms with Crippen molar-refractivity contribution in [1.29, 1.82) is 0 Å². The van der Waals surface area contributed by atoms with Crippen molar-refractivity contribution in [3.05, 3.63) is 84.4 Å². The van der Waals surface area contributed by atoms with E-state index in [0.717, 1.165) is 47.7 Å². The molecule has 4 aromatic rings. The summed E-state index contributed by atoms with van der Waals surface area (Å²) >= 11 is 0. The number of amides is 1. The minimum atomic E-state index is -0.384. The van der Waals surface area contributed by atoms with Crippen LogP contribution in [0.5, 0.6) is 11.5 Å². The molecule has 1 saturated heterocycles. The highest BCUT2D eigenvalue weighted by atomic mass is 19.1. The number of anilines is 1. The van der Waals surface area contributed by atoms with Crippen LogP contribution in [-0.2, 0) is 11.3 Å². The van der Waals surface area contributed by atoms with E-state index in [1.54, 1.807) is 30.2 Å². The van der Waals surface area contributed by atoms with Crippen LogP contribution < -0.4 is 14.4 Å². The predicted octanol–water partition coefficient (Wildman–Crippen LogP) is 5.56. The van der Waals surface area contributed by atoms with E-state index in [1.807, 2.05) is 42.5 Å². The number of imidazole rings is 1. The number of methoxy groups -OCH3 is 1. The minimum Gasteiger partial charge on any atom is -0.493 e. The molecule has 35 heavy (non-hydrogen) atoms. The Morgan fingerprint density at radius 2 is 1.71 bits per heavy atom. The number of aryl methyl sites for hydroxylation is 1.